The molecule has 1 aromatic heterocycles. The molecule has 0 unspecified atom stereocenters. The van der Waals surface area contributed by atoms with Crippen LogP contribution in [0.15, 0.2) is 18.2 Å². The Morgan fingerprint density at radius 1 is 1.27 bits per heavy atom. The second-order valence-electron chi connectivity index (χ2n) is 5.04. The monoisotopic (exact) mass is 303 g/mol. The molecule has 1 amide bonds. The number of nitrogens with zero attached hydrogens (tertiary/aromatic N) is 1. The van der Waals surface area contributed by atoms with Gasteiger partial charge in [-0.3, -0.25) is 9.89 Å². The van der Waals surface area contributed by atoms with E-state index < -0.39 is 0 Å². The summed E-state index contributed by atoms with van der Waals surface area (Å²) in [6.45, 7) is 4.20. The predicted octanol–water partition coefficient (Wildman–Crippen LogP) is 1.90. The fourth-order valence-corrected chi connectivity index (χ4v) is 2.25. The number of aromatic amines is 1. The average molecular weight is 303 g/mol. The van der Waals surface area contributed by atoms with Crippen LogP contribution in [-0.4, -0.2) is 30.3 Å². The lowest BCUT2D eigenvalue weighted by Gasteiger charge is -2.11. The summed E-state index contributed by atoms with van der Waals surface area (Å²) in [6, 6.07) is 5.52. The molecule has 0 saturated heterocycles. The van der Waals surface area contributed by atoms with Crippen molar-refractivity contribution in [2.24, 2.45) is 0 Å². The zero-order valence-corrected chi connectivity index (χ0v) is 13.3. The molecule has 0 radical (unpaired) electrons. The summed E-state index contributed by atoms with van der Waals surface area (Å²) in [5, 5.41) is 9.88. The normalized spacial score (nSPS) is 10.4. The maximum atomic E-state index is 12.1. The van der Waals surface area contributed by atoms with Crippen LogP contribution in [0.2, 0.25) is 0 Å². The largest absolute Gasteiger partial charge is 0.497 e. The molecule has 2 rings (SSSR count). The number of methoxy groups -OCH3 is 2. The van der Waals surface area contributed by atoms with Crippen LogP contribution in [0, 0.1) is 13.8 Å². The molecule has 0 aliphatic heterocycles. The van der Waals surface area contributed by atoms with Gasteiger partial charge in [0, 0.05) is 29.4 Å². The lowest BCUT2D eigenvalue weighted by Crippen LogP contribution is -2.25. The van der Waals surface area contributed by atoms with Gasteiger partial charge in [0.05, 0.1) is 26.3 Å². The van der Waals surface area contributed by atoms with Crippen LogP contribution < -0.4 is 14.8 Å². The molecule has 0 aliphatic rings. The molecule has 0 atom stereocenters. The van der Waals surface area contributed by atoms with Crippen molar-refractivity contribution >= 4 is 5.91 Å². The minimum atomic E-state index is -0.0505. The SMILES string of the molecule is COc1ccc(CNC(=O)Cc2c(C)n[nH]c2C)c(OC)c1. The molecular formula is C16H21N3O3. The van der Waals surface area contributed by atoms with E-state index in [4.69, 9.17) is 9.47 Å². The van der Waals surface area contributed by atoms with Gasteiger partial charge in [0.2, 0.25) is 5.91 Å². The van der Waals surface area contributed by atoms with Crippen LogP contribution in [0.5, 0.6) is 11.5 Å². The lowest BCUT2D eigenvalue weighted by molar-refractivity contribution is -0.120. The van der Waals surface area contributed by atoms with Crippen molar-refractivity contribution in [2.75, 3.05) is 14.2 Å². The number of carbonyl (C=O) groups excluding carboxylic acids is 1. The molecule has 0 bridgehead atoms. The second kappa shape index (κ2) is 6.98. The molecule has 1 heterocycles. The van der Waals surface area contributed by atoms with Crippen LogP contribution in [0.1, 0.15) is 22.5 Å². The number of amides is 1. The number of nitrogens with one attached hydrogen (secondary N) is 2. The van der Waals surface area contributed by atoms with Gasteiger partial charge in [-0.15, -0.1) is 0 Å². The van der Waals surface area contributed by atoms with Gasteiger partial charge in [0.15, 0.2) is 0 Å². The van der Waals surface area contributed by atoms with Crippen molar-refractivity contribution in [3.05, 3.63) is 40.7 Å². The van der Waals surface area contributed by atoms with Crippen LogP contribution in [0.3, 0.4) is 0 Å². The van der Waals surface area contributed by atoms with Crippen LogP contribution in [0.4, 0.5) is 0 Å². The van der Waals surface area contributed by atoms with Crippen LogP contribution in [0.25, 0.3) is 0 Å². The summed E-state index contributed by atoms with van der Waals surface area (Å²) in [7, 11) is 3.20. The summed E-state index contributed by atoms with van der Waals surface area (Å²) in [5.74, 6) is 1.36. The standard InChI is InChI=1S/C16H21N3O3/c1-10-14(11(2)19-18-10)8-16(20)17-9-12-5-6-13(21-3)7-15(12)22-4/h5-7H,8-9H2,1-4H3,(H,17,20)(H,18,19). The number of hydrogen-bond donors (Lipinski definition) is 2. The second-order valence-corrected chi connectivity index (χ2v) is 5.04. The fraction of sp³-hybridized carbons (Fsp3) is 0.375. The van der Waals surface area contributed by atoms with E-state index in [0.29, 0.717) is 18.7 Å². The van der Waals surface area contributed by atoms with Crippen molar-refractivity contribution < 1.29 is 14.3 Å². The highest BCUT2D eigenvalue weighted by Gasteiger charge is 2.12. The van der Waals surface area contributed by atoms with Gasteiger partial charge in [-0.25, -0.2) is 0 Å². The number of H-pyrrole nitrogens is 1. The third-order valence-electron chi connectivity index (χ3n) is 3.59. The molecule has 0 saturated carbocycles. The molecule has 0 fully saturated rings. The van der Waals surface area contributed by atoms with Crippen molar-refractivity contribution in [2.45, 2.75) is 26.8 Å². The summed E-state index contributed by atoms with van der Waals surface area (Å²) in [4.78, 5) is 12.1. The Bertz CT molecular complexity index is 645. The first-order valence-electron chi connectivity index (χ1n) is 7.03. The highest BCUT2D eigenvalue weighted by atomic mass is 16.5. The predicted molar refractivity (Wildman–Crippen MR) is 83.2 cm³/mol. The van der Waals surface area contributed by atoms with Crippen LogP contribution >= 0.6 is 0 Å². The van der Waals surface area contributed by atoms with E-state index in [0.717, 1.165) is 28.3 Å². The summed E-state index contributed by atoms with van der Waals surface area (Å²) in [6.07, 6.45) is 0.312. The molecule has 22 heavy (non-hydrogen) atoms. The van der Waals surface area contributed by atoms with Gasteiger partial charge in [0.1, 0.15) is 11.5 Å². The first kappa shape index (κ1) is 15.9. The van der Waals surface area contributed by atoms with E-state index in [1.54, 1.807) is 20.3 Å². The number of rotatable bonds is 6. The molecule has 6 heteroatoms. The van der Waals surface area contributed by atoms with E-state index in [1.165, 1.54) is 0 Å². The summed E-state index contributed by atoms with van der Waals surface area (Å²) >= 11 is 0. The number of carbonyl (C=O) groups is 1. The minimum absolute atomic E-state index is 0.0505. The van der Waals surface area contributed by atoms with Crippen molar-refractivity contribution in [1.82, 2.24) is 15.5 Å². The Balaban J connectivity index is 1.99. The van der Waals surface area contributed by atoms with Gasteiger partial charge in [0.25, 0.3) is 0 Å². The highest BCUT2D eigenvalue weighted by Crippen LogP contribution is 2.24. The fourth-order valence-electron chi connectivity index (χ4n) is 2.25. The molecule has 0 spiro atoms. The van der Waals surface area contributed by atoms with Crippen molar-refractivity contribution in [3.63, 3.8) is 0 Å². The molecular weight excluding hydrogens is 282 g/mol. The van der Waals surface area contributed by atoms with E-state index in [9.17, 15) is 4.79 Å². The third-order valence-corrected chi connectivity index (χ3v) is 3.59. The molecule has 2 aromatic rings. The van der Waals surface area contributed by atoms with Gasteiger partial charge >= 0.3 is 0 Å². The van der Waals surface area contributed by atoms with E-state index in [-0.39, 0.29) is 5.91 Å². The smallest absolute Gasteiger partial charge is 0.224 e. The number of aromatic nitrogens is 2. The molecule has 6 nitrogen and oxygen atoms in total. The zero-order chi connectivity index (χ0) is 16.1. The van der Waals surface area contributed by atoms with Gasteiger partial charge < -0.3 is 14.8 Å². The maximum Gasteiger partial charge on any atom is 0.224 e. The first-order valence-corrected chi connectivity index (χ1v) is 7.03. The minimum Gasteiger partial charge on any atom is -0.497 e. The van der Waals surface area contributed by atoms with Gasteiger partial charge in [-0.2, -0.15) is 5.10 Å². The third kappa shape index (κ3) is 3.58. The number of hydrogen-bond acceptors (Lipinski definition) is 4. The van der Waals surface area contributed by atoms with Gasteiger partial charge in [-0.05, 0) is 26.0 Å². The number of aryl methyl sites for hydroxylation is 2. The quantitative estimate of drug-likeness (QED) is 0.854. The topological polar surface area (TPSA) is 76.2 Å². The average Bonchev–Trinajstić information content (AvgIpc) is 2.84. The van der Waals surface area contributed by atoms with E-state index in [1.807, 2.05) is 26.0 Å². The van der Waals surface area contributed by atoms with Crippen LogP contribution in [-0.2, 0) is 17.8 Å². The Morgan fingerprint density at radius 3 is 2.64 bits per heavy atom. The van der Waals surface area contributed by atoms with Gasteiger partial charge in [-0.1, -0.05) is 0 Å². The Morgan fingerprint density at radius 2 is 2.05 bits per heavy atom. The summed E-state index contributed by atoms with van der Waals surface area (Å²) in [5.41, 5.74) is 3.63. The Labute approximate surface area is 129 Å². The lowest BCUT2D eigenvalue weighted by atomic mass is 10.1. The van der Waals surface area contributed by atoms with Crippen molar-refractivity contribution in [1.29, 1.82) is 0 Å². The van der Waals surface area contributed by atoms with E-state index >= 15 is 0 Å². The molecule has 2 N–H and O–H groups in total. The Kier molecular flexibility index (Phi) is 5.04. The maximum absolute atomic E-state index is 12.1. The highest BCUT2D eigenvalue weighted by molar-refractivity contribution is 5.79. The zero-order valence-electron chi connectivity index (χ0n) is 13.3. The Hall–Kier alpha value is -2.50. The van der Waals surface area contributed by atoms with E-state index in [2.05, 4.69) is 15.5 Å². The summed E-state index contributed by atoms with van der Waals surface area (Å²) < 4.78 is 10.5. The van der Waals surface area contributed by atoms with Crippen molar-refractivity contribution in [3.8, 4) is 11.5 Å². The molecule has 0 aliphatic carbocycles. The first-order chi connectivity index (χ1) is 10.5. The number of benzene rings is 1. The molecule has 118 valence electrons. The number of ether oxygens (including phenoxy) is 2. The molecule has 1 aromatic carbocycles.